The topological polar surface area (TPSA) is 35.2 Å². The third kappa shape index (κ3) is 2.04. The van der Waals surface area contributed by atoms with Crippen molar-refractivity contribution < 1.29 is 4.74 Å². The summed E-state index contributed by atoms with van der Waals surface area (Å²) in [6, 6.07) is 0. The third-order valence-corrected chi connectivity index (χ3v) is 2.37. The van der Waals surface area contributed by atoms with Crippen LogP contribution in [-0.4, -0.2) is 18.8 Å². The van der Waals surface area contributed by atoms with Crippen molar-refractivity contribution in [2.75, 3.05) is 13.2 Å². The van der Waals surface area contributed by atoms with Gasteiger partial charge in [0.1, 0.15) is 0 Å². The van der Waals surface area contributed by atoms with Crippen molar-refractivity contribution >= 4 is 0 Å². The molecule has 0 unspecified atom stereocenters. The van der Waals surface area contributed by atoms with Gasteiger partial charge in [-0.1, -0.05) is 6.08 Å². The molecule has 64 valence electrons. The van der Waals surface area contributed by atoms with Crippen molar-refractivity contribution in [2.24, 2.45) is 5.73 Å². The van der Waals surface area contributed by atoms with E-state index in [9.17, 15) is 0 Å². The summed E-state index contributed by atoms with van der Waals surface area (Å²) in [5, 5.41) is 0. The van der Waals surface area contributed by atoms with Gasteiger partial charge in [-0.2, -0.15) is 0 Å². The first-order valence-electron chi connectivity index (χ1n) is 4.28. The third-order valence-electron chi connectivity index (χ3n) is 2.37. The van der Waals surface area contributed by atoms with E-state index in [0.29, 0.717) is 6.61 Å². The van der Waals surface area contributed by atoms with Gasteiger partial charge in [-0.05, 0) is 32.2 Å². The van der Waals surface area contributed by atoms with Crippen LogP contribution in [0.15, 0.2) is 12.7 Å². The molecule has 1 rings (SSSR count). The van der Waals surface area contributed by atoms with Gasteiger partial charge < -0.3 is 10.5 Å². The van der Waals surface area contributed by atoms with Crippen molar-refractivity contribution in [1.29, 1.82) is 0 Å². The van der Waals surface area contributed by atoms with E-state index in [4.69, 9.17) is 10.5 Å². The quantitative estimate of drug-likeness (QED) is 0.610. The van der Waals surface area contributed by atoms with Gasteiger partial charge >= 0.3 is 0 Å². The zero-order valence-corrected chi connectivity index (χ0v) is 7.01. The van der Waals surface area contributed by atoms with Crippen LogP contribution in [-0.2, 0) is 4.74 Å². The molecule has 2 nitrogen and oxygen atoms in total. The van der Waals surface area contributed by atoms with Crippen molar-refractivity contribution in [1.82, 2.24) is 0 Å². The summed E-state index contributed by atoms with van der Waals surface area (Å²) >= 11 is 0. The molecule has 1 fully saturated rings. The van der Waals surface area contributed by atoms with Gasteiger partial charge in [0.25, 0.3) is 0 Å². The van der Waals surface area contributed by atoms with Crippen molar-refractivity contribution in [2.45, 2.75) is 31.3 Å². The molecular formula is C9H17NO. The lowest BCUT2D eigenvalue weighted by Gasteiger charge is -2.41. The lowest BCUT2D eigenvalue weighted by molar-refractivity contribution is -0.0918. The minimum atomic E-state index is 0.128. The SMILES string of the molecule is C=CCOC1(CCN)CCC1. The van der Waals surface area contributed by atoms with E-state index in [2.05, 4.69) is 6.58 Å². The van der Waals surface area contributed by atoms with Gasteiger partial charge in [0, 0.05) is 0 Å². The maximum atomic E-state index is 5.66. The molecule has 0 atom stereocenters. The second kappa shape index (κ2) is 3.88. The first-order valence-corrected chi connectivity index (χ1v) is 4.28. The monoisotopic (exact) mass is 155 g/mol. The van der Waals surface area contributed by atoms with Gasteiger partial charge in [0.2, 0.25) is 0 Å². The molecule has 0 aromatic heterocycles. The van der Waals surface area contributed by atoms with Gasteiger partial charge in [0.15, 0.2) is 0 Å². The van der Waals surface area contributed by atoms with Crippen LogP contribution in [0, 0.1) is 0 Å². The molecule has 1 aliphatic rings. The molecule has 0 spiro atoms. The minimum absolute atomic E-state index is 0.128. The molecule has 0 aromatic rings. The fourth-order valence-corrected chi connectivity index (χ4v) is 1.54. The number of rotatable bonds is 5. The highest BCUT2D eigenvalue weighted by Gasteiger charge is 2.36. The summed E-state index contributed by atoms with van der Waals surface area (Å²) in [6.45, 7) is 5.03. The average Bonchev–Trinajstić information content (AvgIpc) is 1.95. The number of hydrogen-bond acceptors (Lipinski definition) is 2. The molecule has 1 saturated carbocycles. The fraction of sp³-hybridized carbons (Fsp3) is 0.778. The van der Waals surface area contributed by atoms with Crippen LogP contribution >= 0.6 is 0 Å². The largest absolute Gasteiger partial charge is 0.371 e. The lowest BCUT2D eigenvalue weighted by Crippen LogP contribution is -2.41. The second-order valence-corrected chi connectivity index (χ2v) is 3.17. The maximum absolute atomic E-state index is 5.66. The van der Waals surface area contributed by atoms with Crippen LogP contribution in [0.25, 0.3) is 0 Å². The van der Waals surface area contributed by atoms with Crippen molar-refractivity contribution in [3.8, 4) is 0 Å². The van der Waals surface area contributed by atoms with Crippen LogP contribution in [0.4, 0.5) is 0 Å². The maximum Gasteiger partial charge on any atom is 0.0698 e. The van der Waals surface area contributed by atoms with Gasteiger partial charge in [-0.25, -0.2) is 0 Å². The second-order valence-electron chi connectivity index (χ2n) is 3.17. The minimum Gasteiger partial charge on any atom is -0.371 e. The highest BCUT2D eigenvalue weighted by atomic mass is 16.5. The molecule has 0 amide bonds. The molecule has 0 radical (unpaired) electrons. The van der Waals surface area contributed by atoms with E-state index < -0.39 is 0 Å². The summed E-state index contributed by atoms with van der Waals surface area (Å²) in [5.74, 6) is 0. The van der Waals surface area contributed by atoms with Crippen LogP contribution < -0.4 is 5.73 Å². The number of ether oxygens (including phenoxy) is 1. The molecule has 11 heavy (non-hydrogen) atoms. The molecule has 0 aliphatic heterocycles. The highest BCUT2D eigenvalue weighted by molar-refractivity contribution is 4.90. The van der Waals surface area contributed by atoms with Crippen molar-refractivity contribution in [3.63, 3.8) is 0 Å². The Morgan fingerprint density at radius 1 is 1.55 bits per heavy atom. The first-order chi connectivity index (χ1) is 5.33. The van der Waals surface area contributed by atoms with E-state index in [-0.39, 0.29) is 5.60 Å². The molecule has 2 heteroatoms. The Bertz CT molecular complexity index is 130. The Hall–Kier alpha value is -0.340. The smallest absolute Gasteiger partial charge is 0.0698 e. The molecule has 0 aromatic carbocycles. The molecule has 0 bridgehead atoms. The van der Waals surface area contributed by atoms with Gasteiger partial charge in [0.05, 0.1) is 12.2 Å². The fourth-order valence-electron chi connectivity index (χ4n) is 1.54. The Kier molecular flexibility index (Phi) is 3.09. The lowest BCUT2D eigenvalue weighted by atomic mass is 9.77. The van der Waals surface area contributed by atoms with Crippen LogP contribution in [0.5, 0.6) is 0 Å². The van der Waals surface area contributed by atoms with Crippen LogP contribution in [0.1, 0.15) is 25.7 Å². The molecule has 1 aliphatic carbocycles. The van der Waals surface area contributed by atoms with E-state index in [1.807, 2.05) is 0 Å². The Labute approximate surface area is 68.4 Å². The number of hydrogen-bond donors (Lipinski definition) is 1. The summed E-state index contributed by atoms with van der Waals surface area (Å²) in [7, 11) is 0. The zero-order chi connectivity index (χ0) is 8.16. The first kappa shape index (κ1) is 8.75. The number of nitrogens with two attached hydrogens (primary N) is 1. The normalized spacial score (nSPS) is 20.8. The predicted molar refractivity (Wildman–Crippen MR) is 46.4 cm³/mol. The average molecular weight is 155 g/mol. The summed E-state index contributed by atoms with van der Waals surface area (Å²) in [6.07, 6.45) is 6.45. The van der Waals surface area contributed by atoms with E-state index >= 15 is 0 Å². The molecule has 0 saturated heterocycles. The molecule has 2 N–H and O–H groups in total. The van der Waals surface area contributed by atoms with Gasteiger partial charge in [-0.3, -0.25) is 0 Å². The zero-order valence-electron chi connectivity index (χ0n) is 7.01. The molecular weight excluding hydrogens is 138 g/mol. The summed E-state index contributed by atoms with van der Waals surface area (Å²) < 4.78 is 5.66. The summed E-state index contributed by atoms with van der Waals surface area (Å²) in [4.78, 5) is 0. The van der Waals surface area contributed by atoms with Crippen molar-refractivity contribution in [3.05, 3.63) is 12.7 Å². The standard InChI is InChI=1S/C9H17NO/c1-2-8-11-9(6-7-10)4-3-5-9/h2H,1,3-8,10H2. The van der Waals surface area contributed by atoms with Gasteiger partial charge in [-0.15, -0.1) is 6.58 Å². The Morgan fingerprint density at radius 3 is 2.64 bits per heavy atom. The Morgan fingerprint density at radius 2 is 2.27 bits per heavy atom. The van der Waals surface area contributed by atoms with Crippen LogP contribution in [0.3, 0.4) is 0 Å². The van der Waals surface area contributed by atoms with E-state index in [1.165, 1.54) is 19.3 Å². The summed E-state index contributed by atoms with van der Waals surface area (Å²) in [5.41, 5.74) is 5.62. The van der Waals surface area contributed by atoms with Crippen LogP contribution in [0.2, 0.25) is 0 Å². The highest BCUT2D eigenvalue weighted by Crippen LogP contribution is 2.37. The Balaban J connectivity index is 2.27. The van der Waals surface area contributed by atoms with E-state index in [0.717, 1.165) is 13.0 Å². The molecule has 0 heterocycles. The predicted octanol–water partition coefficient (Wildman–Crippen LogP) is 1.46. The van der Waals surface area contributed by atoms with E-state index in [1.54, 1.807) is 6.08 Å².